The van der Waals surface area contributed by atoms with Crippen molar-refractivity contribution < 1.29 is 19.0 Å². The number of methoxy groups -OCH3 is 3. The minimum absolute atomic E-state index is 0.187. The van der Waals surface area contributed by atoms with Crippen molar-refractivity contribution in [1.29, 1.82) is 0 Å². The molecule has 0 aliphatic carbocycles. The Morgan fingerprint density at radius 1 is 0.897 bits per heavy atom. The van der Waals surface area contributed by atoms with Crippen molar-refractivity contribution >= 4 is 17.4 Å². The summed E-state index contributed by atoms with van der Waals surface area (Å²) in [7, 11) is 4.79. The lowest BCUT2D eigenvalue weighted by atomic mass is 10.2. The first-order valence-electron chi connectivity index (χ1n) is 8.99. The van der Waals surface area contributed by atoms with E-state index in [1.54, 1.807) is 45.7 Å². The van der Waals surface area contributed by atoms with Crippen molar-refractivity contribution in [3.63, 3.8) is 0 Å². The predicted molar refractivity (Wildman–Crippen MR) is 111 cm³/mol. The van der Waals surface area contributed by atoms with Gasteiger partial charge in [-0.05, 0) is 42.0 Å². The largest absolute Gasteiger partial charge is 0.497 e. The average Bonchev–Trinajstić information content (AvgIpc) is 2.78. The van der Waals surface area contributed by atoms with Crippen LogP contribution in [0, 0.1) is 0 Å². The maximum Gasteiger partial charge on any atom is 0.251 e. The number of nitrogens with one attached hydrogen (secondary N) is 2. The van der Waals surface area contributed by atoms with Crippen LogP contribution in [0.3, 0.4) is 0 Å². The number of carbonyl (C=O) groups is 1. The Balaban J connectivity index is 1.67. The van der Waals surface area contributed by atoms with Gasteiger partial charge in [0.25, 0.3) is 5.91 Å². The summed E-state index contributed by atoms with van der Waals surface area (Å²) in [5.74, 6) is 2.42. The molecule has 1 amide bonds. The highest BCUT2D eigenvalue weighted by atomic mass is 16.5. The molecule has 29 heavy (non-hydrogen) atoms. The third-order valence-corrected chi connectivity index (χ3v) is 4.31. The van der Waals surface area contributed by atoms with Crippen molar-refractivity contribution in [2.75, 3.05) is 26.6 Å². The van der Waals surface area contributed by atoms with Gasteiger partial charge in [0.05, 0.1) is 27.0 Å². The Morgan fingerprint density at radius 2 is 1.62 bits per heavy atom. The SMILES string of the molecule is COc1ccc(CNC(=O)c2ccnc(Nc3ccc(OC)cc3OC)c2)cc1. The fraction of sp³-hybridized carbons (Fsp3) is 0.182. The molecule has 2 aromatic carbocycles. The average molecular weight is 393 g/mol. The van der Waals surface area contributed by atoms with Gasteiger partial charge in [-0.2, -0.15) is 0 Å². The van der Waals surface area contributed by atoms with Gasteiger partial charge >= 0.3 is 0 Å². The molecular formula is C22H23N3O4. The monoisotopic (exact) mass is 393 g/mol. The summed E-state index contributed by atoms with van der Waals surface area (Å²) in [5, 5.41) is 6.08. The van der Waals surface area contributed by atoms with Crippen molar-refractivity contribution in [2.45, 2.75) is 6.54 Å². The zero-order valence-electron chi connectivity index (χ0n) is 16.6. The molecule has 0 atom stereocenters. The first-order valence-corrected chi connectivity index (χ1v) is 8.99. The Labute approximate surface area is 169 Å². The third-order valence-electron chi connectivity index (χ3n) is 4.31. The van der Waals surface area contributed by atoms with E-state index in [9.17, 15) is 4.79 Å². The smallest absolute Gasteiger partial charge is 0.251 e. The molecule has 0 fully saturated rings. The van der Waals surface area contributed by atoms with Gasteiger partial charge in [0.15, 0.2) is 0 Å². The van der Waals surface area contributed by atoms with Crippen LogP contribution in [-0.4, -0.2) is 32.2 Å². The van der Waals surface area contributed by atoms with E-state index in [1.807, 2.05) is 36.4 Å². The lowest BCUT2D eigenvalue weighted by Crippen LogP contribution is -2.22. The van der Waals surface area contributed by atoms with Gasteiger partial charge in [-0.3, -0.25) is 4.79 Å². The quantitative estimate of drug-likeness (QED) is 0.606. The molecule has 150 valence electrons. The van der Waals surface area contributed by atoms with Crippen LogP contribution in [0.4, 0.5) is 11.5 Å². The second-order valence-corrected chi connectivity index (χ2v) is 6.15. The highest BCUT2D eigenvalue weighted by Gasteiger charge is 2.10. The minimum Gasteiger partial charge on any atom is -0.497 e. The number of hydrogen-bond donors (Lipinski definition) is 2. The second-order valence-electron chi connectivity index (χ2n) is 6.15. The summed E-state index contributed by atoms with van der Waals surface area (Å²) in [6.45, 7) is 0.417. The molecule has 0 saturated heterocycles. The number of benzene rings is 2. The van der Waals surface area contributed by atoms with Crippen LogP contribution < -0.4 is 24.8 Å². The molecular weight excluding hydrogens is 370 g/mol. The summed E-state index contributed by atoms with van der Waals surface area (Å²) in [5.41, 5.74) is 2.20. The Kier molecular flexibility index (Phi) is 6.52. The fourth-order valence-electron chi connectivity index (χ4n) is 2.71. The van der Waals surface area contributed by atoms with E-state index in [1.165, 1.54) is 0 Å². The number of carbonyl (C=O) groups excluding carboxylic acids is 1. The van der Waals surface area contributed by atoms with Gasteiger partial charge in [0.2, 0.25) is 0 Å². The van der Waals surface area contributed by atoms with Gasteiger partial charge < -0.3 is 24.8 Å². The molecule has 2 N–H and O–H groups in total. The molecule has 0 aliphatic rings. The molecule has 7 nitrogen and oxygen atoms in total. The van der Waals surface area contributed by atoms with Crippen molar-refractivity contribution in [2.24, 2.45) is 0 Å². The number of ether oxygens (including phenoxy) is 3. The van der Waals surface area contributed by atoms with Crippen molar-refractivity contribution in [3.05, 3.63) is 71.9 Å². The number of amides is 1. The molecule has 0 unspecified atom stereocenters. The molecule has 3 aromatic rings. The minimum atomic E-state index is -0.187. The topological polar surface area (TPSA) is 81.7 Å². The summed E-state index contributed by atoms with van der Waals surface area (Å²) in [6.07, 6.45) is 1.58. The number of hydrogen-bond acceptors (Lipinski definition) is 6. The first-order chi connectivity index (χ1) is 14.1. The second kappa shape index (κ2) is 9.45. The van der Waals surface area contributed by atoms with E-state index in [-0.39, 0.29) is 5.91 Å². The summed E-state index contributed by atoms with van der Waals surface area (Å²) in [6, 6.07) is 16.3. The van der Waals surface area contributed by atoms with Crippen LogP contribution in [0.25, 0.3) is 0 Å². The highest BCUT2D eigenvalue weighted by Crippen LogP contribution is 2.31. The van der Waals surface area contributed by atoms with Crippen molar-refractivity contribution in [1.82, 2.24) is 10.3 Å². The van der Waals surface area contributed by atoms with Gasteiger partial charge in [0, 0.05) is 24.4 Å². The Hall–Kier alpha value is -3.74. The van der Waals surface area contributed by atoms with Crippen LogP contribution in [-0.2, 0) is 6.54 Å². The summed E-state index contributed by atoms with van der Waals surface area (Å²) >= 11 is 0. The maximum absolute atomic E-state index is 12.5. The van der Waals surface area contributed by atoms with Crippen LogP contribution in [0.5, 0.6) is 17.2 Å². The number of nitrogens with zero attached hydrogens (tertiary/aromatic N) is 1. The number of rotatable bonds is 8. The number of aromatic nitrogens is 1. The predicted octanol–water partition coefficient (Wildman–Crippen LogP) is 3.78. The maximum atomic E-state index is 12.5. The lowest BCUT2D eigenvalue weighted by molar-refractivity contribution is 0.0951. The van der Waals surface area contributed by atoms with E-state index in [0.29, 0.717) is 29.4 Å². The van der Waals surface area contributed by atoms with Gasteiger partial charge in [-0.1, -0.05) is 12.1 Å². The van der Waals surface area contributed by atoms with E-state index < -0.39 is 0 Å². The first kappa shape index (κ1) is 20.0. The highest BCUT2D eigenvalue weighted by molar-refractivity contribution is 5.94. The van der Waals surface area contributed by atoms with Gasteiger partial charge in [0.1, 0.15) is 23.1 Å². The molecule has 0 bridgehead atoms. The zero-order chi connectivity index (χ0) is 20.6. The van der Waals surface area contributed by atoms with Gasteiger partial charge in [-0.25, -0.2) is 4.98 Å². The standard InChI is InChI=1S/C22H23N3O4/c1-27-17-6-4-15(5-7-17)14-24-22(26)16-10-11-23-21(12-16)25-19-9-8-18(28-2)13-20(19)29-3/h4-13H,14H2,1-3H3,(H,23,25)(H,24,26). The molecule has 3 rings (SSSR count). The lowest BCUT2D eigenvalue weighted by Gasteiger charge is -2.12. The molecule has 0 saturated carbocycles. The summed E-state index contributed by atoms with van der Waals surface area (Å²) in [4.78, 5) is 16.8. The van der Waals surface area contributed by atoms with Crippen LogP contribution in [0.1, 0.15) is 15.9 Å². The fourth-order valence-corrected chi connectivity index (χ4v) is 2.71. The van der Waals surface area contributed by atoms with Gasteiger partial charge in [-0.15, -0.1) is 0 Å². The third kappa shape index (κ3) is 5.16. The molecule has 1 aromatic heterocycles. The van der Waals surface area contributed by atoms with Crippen LogP contribution >= 0.6 is 0 Å². The molecule has 1 heterocycles. The van der Waals surface area contributed by atoms with Crippen LogP contribution in [0.15, 0.2) is 60.8 Å². The van der Waals surface area contributed by atoms with E-state index >= 15 is 0 Å². The van der Waals surface area contributed by atoms with Crippen molar-refractivity contribution in [3.8, 4) is 17.2 Å². The normalized spacial score (nSPS) is 10.2. The molecule has 0 radical (unpaired) electrons. The Bertz CT molecular complexity index is 974. The molecule has 0 spiro atoms. The van der Waals surface area contributed by atoms with Crippen LogP contribution in [0.2, 0.25) is 0 Å². The van der Waals surface area contributed by atoms with E-state index in [2.05, 4.69) is 15.6 Å². The van der Waals surface area contributed by atoms with E-state index in [0.717, 1.165) is 17.0 Å². The van der Waals surface area contributed by atoms with E-state index in [4.69, 9.17) is 14.2 Å². The molecule has 7 heteroatoms. The number of anilines is 2. The molecule has 0 aliphatic heterocycles. The number of pyridine rings is 1. The Morgan fingerprint density at radius 3 is 2.31 bits per heavy atom. The zero-order valence-corrected chi connectivity index (χ0v) is 16.6. The summed E-state index contributed by atoms with van der Waals surface area (Å²) < 4.78 is 15.7.